The molecule has 41 heavy (non-hydrogen) atoms. The highest BCUT2D eigenvalue weighted by molar-refractivity contribution is 8.93. The molecule has 5 nitrogen and oxygen atoms in total. The number of aliphatic hydroxyl groups excluding tert-OH is 1. The molecule has 3 aromatic rings. The maximum absolute atomic E-state index is 12.9. The summed E-state index contributed by atoms with van der Waals surface area (Å²) < 4.78 is 44.8. The predicted molar refractivity (Wildman–Crippen MR) is 174 cm³/mol. The lowest BCUT2D eigenvalue weighted by atomic mass is 10.0. The van der Waals surface area contributed by atoms with Gasteiger partial charge in [0, 0.05) is 44.8 Å². The van der Waals surface area contributed by atoms with E-state index in [1.54, 1.807) is 0 Å². The molecule has 1 aliphatic heterocycles. The Labute approximate surface area is 272 Å². The van der Waals surface area contributed by atoms with E-state index < -0.39 is 17.8 Å². The Kier molecular flexibility index (Phi) is 16.7. The predicted octanol–water partition coefficient (Wildman–Crippen LogP) is 6.72. The fraction of sp³-hybridized carbons (Fsp3) is 0.400. The topological polar surface area (TPSA) is 56.8 Å². The first-order chi connectivity index (χ1) is 18.3. The van der Waals surface area contributed by atoms with Crippen molar-refractivity contribution in [2.24, 2.45) is 0 Å². The van der Waals surface area contributed by atoms with Crippen LogP contribution in [0.15, 0.2) is 78.9 Å². The Hall–Kier alpha value is -1.47. The van der Waals surface area contributed by atoms with Crippen LogP contribution in [0.2, 0.25) is 0 Å². The Morgan fingerprint density at radius 1 is 1.00 bits per heavy atom. The van der Waals surface area contributed by atoms with E-state index in [1.165, 1.54) is 17.7 Å². The van der Waals surface area contributed by atoms with Crippen LogP contribution in [-0.2, 0) is 12.6 Å². The van der Waals surface area contributed by atoms with Crippen molar-refractivity contribution in [2.45, 2.75) is 37.7 Å². The van der Waals surface area contributed by atoms with Gasteiger partial charge in [0.1, 0.15) is 12.4 Å². The summed E-state index contributed by atoms with van der Waals surface area (Å²) in [6, 6.07) is 23.7. The Morgan fingerprint density at radius 2 is 1.71 bits per heavy atom. The number of alkyl halides is 3. The number of hydrogen-bond donors (Lipinski definition) is 3. The van der Waals surface area contributed by atoms with Crippen molar-refractivity contribution >= 4 is 50.9 Å². The molecule has 3 atom stereocenters. The van der Waals surface area contributed by atoms with Crippen molar-refractivity contribution in [1.29, 1.82) is 0 Å². The zero-order chi connectivity index (χ0) is 27.0. The molecule has 0 radical (unpaired) electrons. The SMILES string of the molecule is Br.Br.Br.CC(Cc1ccc(OCCN2CCNCC2c2ccccc2)cc1)NCC(O)c1cccc(C(F)(F)F)c1. The largest absolute Gasteiger partial charge is 0.492 e. The van der Waals surface area contributed by atoms with Gasteiger partial charge in [0.05, 0.1) is 11.7 Å². The molecule has 1 saturated heterocycles. The highest BCUT2D eigenvalue weighted by Crippen LogP contribution is 2.30. The first kappa shape index (κ1) is 37.6. The van der Waals surface area contributed by atoms with E-state index in [9.17, 15) is 18.3 Å². The molecule has 3 N–H and O–H groups in total. The number of nitrogens with one attached hydrogen (secondary N) is 2. The number of nitrogens with zero attached hydrogens (tertiary/aromatic N) is 1. The van der Waals surface area contributed by atoms with E-state index in [0.29, 0.717) is 12.6 Å². The summed E-state index contributed by atoms with van der Waals surface area (Å²) in [6.45, 7) is 6.49. The van der Waals surface area contributed by atoms with Crippen LogP contribution >= 0.6 is 50.9 Å². The number of aliphatic hydroxyl groups is 1. The molecule has 0 saturated carbocycles. The molecule has 3 aromatic carbocycles. The maximum Gasteiger partial charge on any atom is 0.416 e. The summed E-state index contributed by atoms with van der Waals surface area (Å²) in [5, 5.41) is 17.1. The number of hydrogen-bond acceptors (Lipinski definition) is 5. The van der Waals surface area contributed by atoms with Gasteiger partial charge in [-0.05, 0) is 54.3 Å². The van der Waals surface area contributed by atoms with Crippen molar-refractivity contribution < 1.29 is 23.0 Å². The van der Waals surface area contributed by atoms with Crippen LogP contribution in [0.5, 0.6) is 5.75 Å². The molecule has 228 valence electrons. The molecule has 11 heteroatoms. The van der Waals surface area contributed by atoms with Gasteiger partial charge in [-0.1, -0.05) is 54.6 Å². The molecule has 0 aliphatic carbocycles. The number of benzene rings is 3. The van der Waals surface area contributed by atoms with Crippen LogP contribution in [0.1, 0.15) is 41.3 Å². The van der Waals surface area contributed by atoms with Gasteiger partial charge in [0.15, 0.2) is 0 Å². The molecule has 1 fully saturated rings. The normalized spacial score (nSPS) is 16.9. The minimum Gasteiger partial charge on any atom is -0.492 e. The minimum atomic E-state index is -4.43. The van der Waals surface area contributed by atoms with Gasteiger partial charge in [-0.25, -0.2) is 0 Å². The van der Waals surface area contributed by atoms with Crippen LogP contribution < -0.4 is 15.4 Å². The lowest BCUT2D eigenvalue weighted by Crippen LogP contribution is -2.47. The molecule has 1 heterocycles. The molecule has 0 amide bonds. The minimum absolute atomic E-state index is 0. The summed E-state index contributed by atoms with van der Waals surface area (Å²) in [4.78, 5) is 2.46. The highest BCUT2D eigenvalue weighted by Gasteiger charge is 2.31. The van der Waals surface area contributed by atoms with Gasteiger partial charge in [-0.15, -0.1) is 50.9 Å². The Bertz CT molecular complexity index is 1140. The molecule has 1 aliphatic rings. The summed E-state index contributed by atoms with van der Waals surface area (Å²) >= 11 is 0. The molecule has 0 bridgehead atoms. The smallest absolute Gasteiger partial charge is 0.416 e. The molecule has 0 spiro atoms. The van der Waals surface area contributed by atoms with Gasteiger partial charge in [-0.3, -0.25) is 4.90 Å². The van der Waals surface area contributed by atoms with Crippen molar-refractivity contribution in [3.63, 3.8) is 0 Å². The van der Waals surface area contributed by atoms with Gasteiger partial charge >= 0.3 is 6.18 Å². The number of piperazine rings is 1. The van der Waals surface area contributed by atoms with Gasteiger partial charge in [-0.2, -0.15) is 13.2 Å². The summed E-state index contributed by atoms with van der Waals surface area (Å²) in [6.07, 6.45) is -4.73. The average Bonchev–Trinajstić information content (AvgIpc) is 2.93. The van der Waals surface area contributed by atoms with Crippen molar-refractivity contribution in [3.8, 4) is 5.75 Å². The second kappa shape index (κ2) is 18.3. The monoisotopic (exact) mass is 767 g/mol. The van der Waals surface area contributed by atoms with Crippen LogP contribution in [0.3, 0.4) is 0 Å². The summed E-state index contributed by atoms with van der Waals surface area (Å²) in [7, 11) is 0. The van der Waals surface area contributed by atoms with Gasteiger partial charge < -0.3 is 20.5 Å². The standard InChI is InChI=1S/C30H36F3N3O2.3BrH/c1-22(35-21-29(37)25-8-5-9-26(19-25)30(31,32)33)18-23-10-12-27(13-11-23)38-17-16-36-15-14-34-20-28(36)24-6-3-2-4-7-24;;;/h2-13,19,22,28-29,34-35,37H,14-18,20-21H2,1H3;3*1H. The fourth-order valence-electron chi connectivity index (χ4n) is 4.80. The van der Waals surface area contributed by atoms with Crippen LogP contribution in [0.4, 0.5) is 13.2 Å². The van der Waals surface area contributed by atoms with E-state index in [2.05, 4.69) is 39.8 Å². The first-order valence-corrected chi connectivity index (χ1v) is 13.1. The Balaban J connectivity index is 0.00000280. The molecular formula is C30H39Br3F3N3O2. The van der Waals surface area contributed by atoms with Gasteiger partial charge in [0.2, 0.25) is 0 Å². The van der Waals surface area contributed by atoms with Crippen molar-refractivity contribution in [1.82, 2.24) is 15.5 Å². The van der Waals surface area contributed by atoms with E-state index in [4.69, 9.17) is 4.74 Å². The summed E-state index contributed by atoms with van der Waals surface area (Å²) in [5.41, 5.74) is 1.91. The third-order valence-electron chi connectivity index (χ3n) is 6.91. The van der Waals surface area contributed by atoms with Crippen molar-refractivity contribution in [2.75, 3.05) is 39.3 Å². The zero-order valence-corrected chi connectivity index (χ0v) is 28.0. The maximum atomic E-state index is 12.9. The number of rotatable bonds is 11. The van der Waals surface area contributed by atoms with Crippen molar-refractivity contribution in [3.05, 3.63) is 101 Å². The van der Waals surface area contributed by atoms with Crippen LogP contribution in [0.25, 0.3) is 0 Å². The third kappa shape index (κ3) is 11.6. The third-order valence-corrected chi connectivity index (χ3v) is 6.91. The summed E-state index contributed by atoms with van der Waals surface area (Å²) in [5.74, 6) is 0.820. The average molecular weight is 770 g/mol. The van der Waals surface area contributed by atoms with E-state index in [-0.39, 0.29) is 69.1 Å². The fourth-order valence-corrected chi connectivity index (χ4v) is 4.80. The van der Waals surface area contributed by atoms with E-state index in [1.807, 2.05) is 37.3 Å². The molecule has 4 rings (SSSR count). The van der Waals surface area contributed by atoms with Crippen LogP contribution in [0, 0.1) is 0 Å². The second-order valence-corrected chi connectivity index (χ2v) is 9.81. The second-order valence-electron chi connectivity index (χ2n) is 9.81. The zero-order valence-electron chi connectivity index (χ0n) is 22.8. The molecule has 3 unspecified atom stereocenters. The van der Waals surface area contributed by atoms with Gasteiger partial charge in [0.25, 0.3) is 0 Å². The lowest BCUT2D eigenvalue weighted by molar-refractivity contribution is -0.137. The molecule has 0 aromatic heterocycles. The Morgan fingerprint density at radius 3 is 2.39 bits per heavy atom. The van der Waals surface area contributed by atoms with E-state index >= 15 is 0 Å². The quantitative estimate of drug-likeness (QED) is 0.203. The number of halogens is 6. The lowest BCUT2D eigenvalue weighted by Gasteiger charge is -2.36. The highest BCUT2D eigenvalue weighted by atomic mass is 79.9. The number of ether oxygens (including phenoxy) is 1. The van der Waals surface area contributed by atoms with E-state index in [0.717, 1.165) is 56.0 Å². The van der Waals surface area contributed by atoms with Crippen LogP contribution in [-0.4, -0.2) is 55.4 Å². The first-order valence-electron chi connectivity index (χ1n) is 13.1. The molecular weight excluding hydrogens is 731 g/mol.